The molecule has 1 fully saturated rings. The first kappa shape index (κ1) is 14.7. The Morgan fingerprint density at radius 1 is 1.09 bits per heavy atom. The molecular formula is C16H16N2O3S. The summed E-state index contributed by atoms with van der Waals surface area (Å²) in [4.78, 5) is 11.2. The first-order valence-electron chi connectivity index (χ1n) is 6.93. The molecule has 0 radical (unpaired) electrons. The fourth-order valence-electron chi connectivity index (χ4n) is 2.38. The van der Waals surface area contributed by atoms with Crippen molar-refractivity contribution >= 4 is 21.6 Å². The first-order valence-corrected chi connectivity index (χ1v) is 8.37. The van der Waals surface area contributed by atoms with Crippen LogP contribution in [0.5, 0.6) is 0 Å². The molecule has 1 aliphatic heterocycles. The van der Waals surface area contributed by atoms with Crippen molar-refractivity contribution in [1.29, 1.82) is 0 Å². The van der Waals surface area contributed by atoms with Crippen LogP contribution in [0.15, 0.2) is 59.5 Å². The van der Waals surface area contributed by atoms with E-state index in [2.05, 4.69) is 5.32 Å². The summed E-state index contributed by atoms with van der Waals surface area (Å²) in [5.74, 6) is -0.189. The zero-order valence-corrected chi connectivity index (χ0v) is 12.9. The van der Waals surface area contributed by atoms with Gasteiger partial charge in [-0.1, -0.05) is 30.3 Å². The van der Waals surface area contributed by atoms with Crippen LogP contribution in [0.2, 0.25) is 0 Å². The summed E-state index contributed by atoms with van der Waals surface area (Å²) < 4.78 is 26.6. The van der Waals surface area contributed by atoms with E-state index in [-0.39, 0.29) is 16.8 Å². The molecule has 1 heterocycles. The molecular weight excluding hydrogens is 300 g/mol. The van der Waals surface area contributed by atoms with Crippen LogP contribution in [0.1, 0.15) is 18.5 Å². The van der Waals surface area contributed by atoms with Crippen molar-refractivity contribution in [2.45, 2.75) is 17.9 Å². The molecule has 22 heavy (non-hydrogen) atoms. The van der Waals surface area contributed by atoms with Crippen molar-refractivity contribution in [2.24, 2.45) is 0 Å². The van der Waals surface area contributed by atoms with E-state index in [1.165, 1.54) is 23.4 Å². The van der Waals surface area contributed by atoms with Crippen LogP contribution in [0.3, 0.4) is 0 Å². The second kappa shape index (κ2) is 5.55. The van der Waals surface area contributed by atoms with E-state index in [9.17, 15) is 13.2 Å². The highest BCUT2D eigenvalue weighted by molar-refractivity contribution is 7.89. The molecule has 0 spiro atoms. The van der Waals surface area contributed by atoms with Crippen LogP contribution in [0.4, 0.5) is 5.69 Å². The summed E-state index contributed by atoms with van der Waals surface area (Å²) in [7, 11) is -3.49. The van der Waals surface area contributed by atoms with Crippen molar-refractivity contribution in [2.75, 3.05) is 11.9 Å². The van der Waals surface area contributed by atoms with Gasteiger partial charge in [0.05, 0.1) is 10.9 Å². The van der Waals surface area contributed by atoms with Gasteiger partial charge in [-0.2, -0.15) is 4.31 Å². The zero-order valence-electron chi connectivity index (χ0n) is 12.1. The molecule has 3 rings (SSSR count). The maximum Gasteiger partial charge on any atom is 0.243 e. The average Bonchev–Trinajstić information content (AvgIpc) is 3.29. The molecule has 114 valence electrons. The summed E-state index contributed by atoms with van der Waals surface area (Å²) in [6, 6.07) is 15.7. The number of sulfonamides is 1. The Balaban J connectivity index is 1.78. The minimum absolute atomic E-state index is 0.0822. The quantitative estimate of drug-likeness (QED) is 0.881. The largest absolute Gasteiger partial charge is 0.326 e. The Bertz CT molecular complexity index is 786. The van der Waals surface area contributed by atoms with Crippen LogP contribution in [-0.2, 0) is 14.8 Å². The standard InChI is InChI=1S/C16H16N2O3S/c1-12(19)17-14-7-9-15(10-8-14)22(20,21)18-11-16(18)13-5-3-2-4-6-13/h2-10,16H,11H2,1H3,(H,17,19). The Hall–Kier alpha value is -2.18. The van der Waals surface area contributed by atoms with E-state index in [1.807, 2.05) is 30.3 Å². The molecule has 6 heteroatoms. The number of rotatable bonds is 4. The fraction of sp³-hybridized carbons (Fsp3) is 0.188. The lowest BCUT2D eigenvalue weighted by molar-refractivity contribution is -0.114. The van der Waals surface area contributed by atoms with Crippen LogP contribution >= 0.6 is 0 Å². The molecule has 1 amide bonds. The third kappa shape index (κ3) is 2.88. The second-order valence-electron chi connectivity index (χ2n) is 5.21. The molecule has 0 bridgehead atoms. The third-order valence-electron chi connectivity index (χ3n) is 3.53. The second-order valence-corrected chi connectivity index (χ2v) is 7.10. The SMILES string of the molecule is CC(=O)Nc1ccc(S(=O)(=O)N2CC2c2ccccc2)cc1. The Morgan fingerprint density at radius 3 is 2.32 bits per heavy atom. The van der Waals surface area contributed by atoms with Gasteiger partial charge in [0.25, 0.3) is 0 Å². The maximum atomic E-state index is 12.6. The van der Waals surface area contributed by atoms with Crippen molar-refractivity contribution in [3.8, 4) is 0 Å². The maximum absolute atomic E-state index is 12.6. The first-order chi connectivity index (χ1) is 10.5. The molecule has 1 N–H and O–H groups in total. The van der Waals surface area contributed by atoms with Gasteiger partial charge in [-0.25, -0.2) is 8.42 Å². The molecule has 2 aromatic rings. The van der Waals surface area contributed by atoms with Gasteiger partial charge in [0.2, 0.25) is 15.9 Å². The van der Waals surface area contributed by atoms with Crippen LogP contribution in [0.25, 0.3) is 0 Å². The van der Waals surface area contributed by atoms with Gasteiger partial charge in [-0.15, -0.1) is 0 Å². The predicted octanol–water partition coefficient (Wildman–Crippen LogP) is 2.39. The highest BCUT2D eigenvalue weighted by Gasteiger charge is 2.45. The summed E-state index contributed by atoms with van der Waals surface area (Å²) in [6.45, 7) is 1.91. The van der Waals surface area contributed by atoms with E-state index in [0.717, 1.165) is 5.56 Å². The zero-order chi connectivity index (χ0) is 15.7. The highest BCUT2D eigenvalue weighted by Crippen LogP contribution is 2.40. The molecule has 2 aromatic carbocycles. The van der Waals surface area contributed by atoms with Crippen molar-refractivity contribution < 1.29 is 13.2 Å². The number of carbonyl (C=O) groups is 1. The lowest BCUT2D eigenvalue weighted by Gasteiger charge is -2.08. The van der Waals surface area contributed by atoms with Gasteiger partial charge in [0.15, 0.2) is 0 Å². The van der Waals surface area contributed by atoms with Crippen LogP contribution < -0.4 is 5.32 Å². The summed E-state index contributed by atoms with van der Waals surface area (Å²) in [6.07, 6.45) is 0. The highest BCUT2D eigenvalue weighted by atomic mass is 32.2. The van der Waals surface area contributed by atoms with Gasteiger partial charge in [0, 0.05) is 19.2 Å². The lowest BCUT2D eigenvalue weighted by Crippen LogP contribution is -2.13. The van der Waals surface area contributed by atoms with Gasteiger partial charge in [-0.3, -0.25) is 4.79 Å². The van der Waals surface area contributed by atoms with Gasteiger partial charge in [-0.05, 0) is 29.8 Å². The molecule has 1 saturated heterocycles. The van der Waals surface area contributed by atoms with Gasteiger partial charge in [0.1, 0.15) is 0 Å². The number of nitrogens with zero attached hydrogens (tertiary/aromatic N) is 1. The Morgan fingerprint density at radius 2 is 1.73 bits per heavy atom. The number of hydrogen-bond donors (Lipinski definition) is 1. The molecule has 2 unspecified atom stereocenters. The Labute approximate surface area is 129 Å². The van der Waals surface area contributed by atoms with E-state index in [0.29, 0.717) is 12.2 Å². The van der Waals surface area contributed by atoms with Gasteiger partial charge >= 0.3 is 0 Å². The molecule has 1 aliphatic rings. The monoisotopic (exact) mass is 316 g/mol. The smallest absolute Gasteiger partial charge is 0.243 e. The lowest BCUT2D eigenvalue weighted by atomic mass is 10.2. The number of nitrogens with one attached hydrogen (secondary N) is 1. The third-order valence-corrected chi connectivity index (χ3v) is 5.42. The summed E-state index contributed by atoms with van der Waals surface area (Å²) in [5, 5.41) is 2.62. The minimum Gasteiger partial charge on any atom is -0.326 e. The van der Waals surface area contributed by atoms with Crippen molar-refractivity contribution in [1.82, 2.24) is 4.31 Å². The predicted molar refractivity (Wildman–Crippen MR) is 83.8 cm³/mol. The van der Waals surface area contributed by atoms with Crippen molar-refractivity contribution in [3.63, 3.8) is 0 Å². The fourth-order valence-corrected chi connectivity index (χ4v) is 3.93. The minimum atomic E-state index is -3.49. The molecule has 0 aromatic heterocycles. The number of benzene rings is 2. The van der Waals surface area contributed by atoms with E-state index < -0.39 is 10.0 Å². The average molecular weight is 316 g/mol. The Kier molecular flexibility index (Phi) is 3.72. The topological polar surface area (TPSA) is 66.2 Å². The van der Waals surface area contributed by atoms with E-state index >= 15 is 0 Å². The number of anilines is 1. The van der Waals surface area contributed by atoms with Crippen molar-refractivity contribution in [3.05, 3.63) is 60.2 Å². The van der Waals surface area contributed by atoms with E-state index in [1.54, 1.807) is 12.1 Å². The molecule has 5 nitrogen and oxygen atoms in total. The van der Waals surface area contributed by atoms with Gasteiger partial charge < -0.3 is 5.32 Å². The van der Waals surface area contributed by atoms with E-state index in [4.69, 9.17) is 0 Å². The molecule has 0 aliphatic carbocycles. The number of hydrogen-bond acceptors (Lipinski definition) is 3. The summed E-state index contributed by atoms with van der Waals surface area (Å²) >= 11 is 0. The molecule has 0 saturated carbocycles. The number of carbonyl (C=O) groups excluding carboxylic acids is 1. The normalized spacial score (nSPS) is 20.4. The van der Waals surface area contributed by atoms with Crippen LogP contribution in [0, 0.1) is 0 Å². The number of amides is 1. The molecule has 2 atom stereocenters. The summed E-state index contributed by atoms with van der Waals surface area (Å²) in [5.41, 5.74) is 1.58. The van der Waals surface area contributed by atoms with Crippen LogP contribution in [-0.4, -0.2) is 25.2 Å².